The molecule has 2 rings (SSSR count). The van der Waals surface area contributed by atoms with Gasteiger partial charge in [-0.1, -0.05) is 26.0 Å². The number of hydrogen-bond donors (Lipinski definition) is 2. The highest BCUT2D eigenvalue weighted by molar-refractivity contribution is 5.45. The summed E-state index contributed by atoms with van der Waals surface area (Å²) in [6.07, 6.45) is 2.67. The molecule has 0 radical (unpaired) electrons. The molecule has 1 aliphatic heterocycles. The van der Waals surface area contributed by atoms with Gasteiger partial charge in [-0.2, -0.15) is 0 Å². The van der Waals surface area contributed by atoms with Crippen LogP contribution in [0.15, 0.2) is 24.3 Å². The summed E-state index contributed by atoms with van der Waals surface area (Å²) < 4.78 is 0. The zero-order valence-electron chi connectivity index (χ0n) is 11.0. The molecule has 2 N–H and O–H groups in total. The number of nitrogens with one attached hydrogen (secondary N) is 2. The lowest BCUT2D eigenvalue weighted by Crippen LogP contribution is -2.33. The Labute approximate surface area is 105 Å². The van der Waals surface area contributed by atoms with Crippen LogP contribution in [-0.2, 0) is 0 Å². The lowest BCUT2D eigenvalue weighted by molar-refractivity contribution is 0.393. The van der Waals surface area contributed by atoms with Crippen LogP contribution in [0.3, 0.4) is 0 Å². The van der Waals surface area contributed by atoms with E-state index >= 15 is 0 Å². The summed E-state index contributed by atoms with van der Waals surface area (Å²) in [5.41, 5.74) is 2.66. The van der Waals surface area contributed by atoms with Gasteiger partial charge < -0.3 is 10.6 Å². The van der Waals surface area contributed by atoms with E-state index in [-0.39, 0.29) is 0 Å². The van der Waals surface area contributed by atoms with Crippen LogP contribution in [0.25, 0.3) is 0 Å². The summed E-state index contributed by atoms with van der Waals surface area (Å²) in [4.78, 5) is 0. The number of benzene rings is 1. The Morgan fingerprint density at radius 3 is 2.65 bits per heavy atom. The summed E-state index contributed by atoms with van der Waals surface area (Å²) in [5.74, 6) is 1.40. The van der Waals surface area contributed by atoms with Gasteiger partial charge in [0.15, 0.2) is 0 Å². The third-order valence-corrected chi connectivity index (χ3v) is 3.57. The molecule has 0 bridgehead atoms. The van der Waals surface area contributed by atoms with Gasteiger partial charge in [0.05, 0.1) is 0 Å². The fraction of sp³-hybridized carbons (Fsp3) is 0.600. The third-order valence-electron chi connectivity index (χ3n) is 3.57. The van der Waals surface area contributed by atoms with Crippen molar-refractivity contribution in [1.82, 2.24) is 5.32 Å². The van der Waals surface area contributed by atoms with Crippen LogP contribution in [-0.4, -0.2) is 19.6 Å². The first-order valence-corrected chi connectivity index (χ1v) is 6.80. The second kappa shape index (κ2) is 6.06. The van der Waals surface area contributed by atoms with Crippen LogP contribution in [0.4, 0.5) is 5.69 Å². The van der Waals surface area contributed by atoms with Gasteiger partial charge in [-0.05, 0) is 55.5 Å². The van der Waals surface area contributed by atoms with Crippen molar-refractivity contribution in [3.05, 3.63) is 29.8 Å². The predicted octanol–water partition coefficient (Wildman–Crippen LogP) is 3.22. The van der Waals surface area contributed by atoms with Crippen LogP contribution < -0.4 is 10.6 Å². The molecule has 17 heavy (non-hydrogen) atoms. The summed E-state index contributed by atoms with van der Waals surface area (Å²) in [6.45, 7) is 7.91. The molecule has 2 nitrogen and oxygen atoms in total. The standard InChI is InChI=1S/C15H24N2/c1-12(2)14-5-7-15(8-6-14)17-11-13-4-3-9-16-10-13/h5-8,12-13,16-17H,3-4,9-11H2,1-2H3. The average Bonchev–Trinajstić information content (AvgIpc) is 2.38. The summed E-state index contributed by atoms with van der Waals surface area (Å²) in [7, 11) is 0. The Morgan fingerprint density at radius 2 is 2.06 bits per heavy atom. The number of anilines is 1. The Balaban J connectivity index is 1.82. The van der Waals surface area contributed by atoms with E-state index in [9.17, 15) is 0 Å². The molecule has 1 aliphatic rings. The topological polar surface area (TPSA) is 24.1 Å². The Morgan fingerprint density at radius 1 is 1.29 bits per heavy atom. The second-order valence-electron chi connectivity index (χ2n) is 5.37. The monoisotopic (exact) mass is 232 g/mol. The van der Waals surface area contributed by atoms with E-state index in [1.807, 2.05) is 0 Å². The van der Waals surface area contributed by atoms with Gasteiger partial charge in [0.25, 0.3) is 0 Å². The minimum absolute atomic E-state index is 0.617. The molecule has 1 atom stereocenters. The molecule has 0 aromatic heterocycles. The van der Waals surface area contributed by atoms with Gasteiger partial charge in [0, 0.05) is 12.2 Å². The van der Waals surface area contributed by atoms with Crippen molar-refractivity contribution in [2.24, 2.45) is 5.92 Å². The second-order valence-corrected chi connectivity index (χ2v) is 5.37. The number of piperidine rings is 1. The van der Waals surface area contributed by atoms with E-state index in [1.54, 1.807) is 0 Å². The Hall–Kier alpha value is -1.02. The van der Waals surface area contributed by atoms with E-state index in [0.29, 0.717) is 5.92 Å². The first-order valence-electron chi connectivity index (χ1n) is 6.80. The summed E-state index contributed by atoms with van der Waals surface area (Å²) in [5, 5.41) is 7.00. The first-order chi connectivity index (χ1) is 8.25. The molecule has 1 heterocycles. The smallest absolute Gasteiger partial charge is 0.0340 e. The molecule has 0 amide bonds. The molecule has 1 aromatic carbocycles. The maximum atomic E-state index is 3.54. The quantitative estimate of drug-likeness (QED) is 0.833. The molecule has 0 spiro atoms. The molecule has 94 valence electrons. The lowest BCUT2D eigenvalue weighted by atomic mass is 9.99. The predicted molar refractivity (Wildman–Crippen MR) is 74.6 cm³/mol. The van der Waals surface area contributed by atoms with Gasteiger partial charge in [-0.25, -0.2) is 0 Å². The average molecular weight is 232 g/mol. The van der Waals surface area contributed by atoms with Crippen molar-refractivity contribution in [1.29, 1.82) is 0 Å². The van der Waals surface area contributed by atoms with Crippen LogP contribution in [0.2, 0.25) is 0 Å². The Bertz CT molecular complexity index is 323. The van der Waals surface area contributed by atoms with Crippen molar-refractivity contribution in [2.45, 2.75) is 32.6 Å². The molecule has 2 heteroatoms. The fourth-order valence-electron chi connectivity index (χ4n) is 2.35. The molecular formula is C15H24N2. The van der Waals surface area contributed by atoms with E-state index in [1.165, 1.54) is 30.6 Å². The van der Waals surface area contributed by atoms with Crippen LogP contribution in [0.5, 0.6) is 0 Å². The molecule has 1 saturated heterocycles. The maximum Gasteiger partial charge on any atom is 0.0340 e. The number of rotatable bonds is 4. The van der Waals surface area contributed by atoms with E-state index < -0.39 is 0 Å². The lowest BCUT2D eigenvalue weighted by Gasteiger charge is -2.23. The largest absolute Gasteiger partial charge is 0.385 e. The SMILES string of the molecule is CC(C)c1ccc(NCC2CCCNC2)cc1. The first kappa shape index (κ1) is 12.4. The third kappa shape index (κ3) is 3.74. The van der Waals surface area contributed by atoms with E-state index in [0.717, 1.165) is 19.0 Å². The van der Waals surface area contributed by atoms with Gasteiger partial charge >= 0.3 is 0 Å². The van der Waals surface area contributed by atoms with Gasteiger partial charge in [-0.3, -0.25) is 0 Å². The summed E-state index contributed by atoms with van der Waals surface area (Å²) >= 11 is 0. The highest BCUT2D eigenvalue weighted by Gasteiger charge is 2.12. The molecule has 1 aromatic rings. The molecule has 1 fully saturated rings. The van der Waals surface area contributed by atoms with Gasteiger partial charge in [0.2, 0.25) is 0 Å². The van der Waals surface area contributed by atoms with Gasteiger partial charge in [0.1, 0.15) is 0 Å². The fourth-order valence-corrected chi connectivity index (χ4v) is 2.35. The summed E-state index contributed by atoms with van der Waals surface area (Å²) in [6, 6.07) is 8.86. The number of hydrogen-bond acceptors (Lipinski definition) is 2. The molecular weight excluding hydrogens is 208 g/mol. The van der Waals surface area contributed by atoms with Crippen molar-refractivity contribution in [3.8, 4) is 0 Å². The maximum absolute atomic E-state index is 3.54. The molecule has 1 unspecified atom stereocenters. The van der Waals surface area contributed by atoms with Crippen molar-refractivity contribution >= 4 is 5.69 Å². The molecule has 0 saturated carbocycles. The van der Waals surface area contributed by atoms with Crippen molar-refractivity contribution in [3.63, 3.8) is 0 Å². The van der Waals surface area contributed by atoms with Crippen LogP contribution >= 0.6 is 0 Å². The van der Waals surface area contributed by atoms with Crippen LogP contribution in [0, 0.1) is 5.92 Å². The highest BCUT2D eigenvalue weighted by Crippen LogP contribution is 2.18. The highest BCUT2D eigenvalue weighted by atomic mass is 14.9. The van der Waals surface area contributed by atoms with Crippen molar-refractivity contribution < 1.29 is 0 Å². The van der Waals surface area contributed by atoms with Crippen LogP contribution in [0.1, 0.15) is 38.2 Å². The van der Waals surface area contributed by atoms with Crippen molar-refractivity contribution in [2.75, 3.05) is 25.0 Å². The zero-order valence-corrected chi connectivity index (χ0v) is 11.0. The molecule has 0 aliphatic carbocycles. The van der Waals surface area contributed by atoms with E-state index in [2.05, 4.69) is 48.7 Å². The minimum atomic E-state index is 0.617. The zero-order chi connectivity index (χ0) is 12.1. The minimum Gasteiger partial charge on any atom is -0.385 e. The Kier molecular flexibility index (Phi) is 4.43. The van der Waals surface area contributed by atoms with E-state index in [4.69, 9.17) is 0 Å². The normalized spacial score (nSPS) is 20.5. The van der Waals surface area contributed by atoms with Gasteiger partial charge in [-0.15, -0.1) is 0 Å².